The maximum Gasteiger partial charge on any atom is 0.0639 e. The first-order valence-electron chi connectivity index (χ1n) is 4.90. The van der Waals surface area contributed by atoms with Crippen LogP contribution in [-0.4, -0.2) is 47.8 Å². The molecular weight excluding hydrogens is 152 g/mol. The number of nitrogens with zero attached hydrogens (tertiary/aromatic N) is 1. The maximum atomic E-state index is 9.11. The monoisotopic (exact) mass is 170 g/mol. The maximum absolute atomic E-state index is 9.11. The predicted octanol–water partition coefficient (Wildman–Crippen LogP) is -0.197. The summed E-state index contributed by atoms with van der Waals surface area (Å²) in [5, 5.41) is 12.7. The van der Waals surface area contributed by atoms with Crippen LogP contribution >= 0.6 is 0 Å². The number of hydrogen-bond acceptors (Lipinski definition) is 3. The van der Waals surface area contributed by atoms with Crippen LogP contribution < -0.4 is 5.32 Å². The standard InChI is InChI=1S/C9H18N2O/c1-7(12)4-11-5-9(6-11)10-8-2-3-8/h7-10,12H,2-6H2,1H3. The van der Waals surface area contributed by atoms with E-state index in [9.17, 15) is 0 Å². The Morgan fingerprint density at radius 3 is 2.58 bits per heavy atom. The van der Waals surface area contributed by atoms with Gasteiger partial charge in [-0.1, -0.05) is 0 Å². The minimum atomic E-state index is -0.174. The summed E-state index contributed by atoms with van der Waals surface area (Å²) in [6.07, 6.45) is 2.56. The highest BCUT2D eigenvalue weighted by molar-refractivity contribution is 4.92. The summed E-state index contributed by atoms with van der Waals surface area (Å²) < 4.78 is 0. The Balaban J connectivity index is 1.56. The van der Waals surface area contributed by atoms with Gasteiger partial charge in [-0.05, 0) is 19.8 Å². The average Bonchev–Trinajstić information content (AvgIpc) is 2.65. The minimum absolute atomic E-state index is 0.174. The normalized spacial score (nSPS) is 28.5. The molecule has 3 heteroatoms. The third-order valence-electron chi connectivity index (χ3n) is 2.53. The minimum Gasteiger partial charge on any atom is -0.392 e. The number of nitrogens with one attached hydrogen (secondary N) is 1. The summed E-state index contributed by atoms with van der Waals surface area (Å²) in [5.74, 6) is 0. The largest absolute Gasteiger partial charge is 0.392 e. The number of aliphatic hydroxyl groups excluding tert-OH is 1. The van der Waals surface area contributed by atoms with E-state index in [4.69, 9.17) is 5.11 Å². The second kappa shape index (κ2) is 3.32. The molecular formula is C9H18N2O. The first-order chi connectivity index (χ1) is 5.74. The molecule has 3 nitrogen and oxygen atoms in total. The van der Waals surface area contributed by atoms with Crippen LogP contribution in [0.4, 0.5) is 0 Å². The van der Waals surface area contributed by atoms with E-state index in [1.165, 1.54) is 12.8 Å². The van der Waals surface area contributed by atoms with Crippen molar-refractivity contribution < 1.29 is 5.11 Å². The zero-order chi connectivity index (χ0) is 8.55. The van der Waals surface area contributed by atoms with Gasteiger partial charge in [0, 0.05) is 31.7 Å². The van der Waals surface area contributed by atoms with Crippen molar-refractivity contribution in [2.45, 2.75) is 38.0 Å². The SMILES string of the molecule is CC(O)CN1CC(NC2CC2)C1. The molecule has 1 saturated carbocycles. The highest BCUT2D eigenvalue weighted by atomic mass is 16.3. The number of rotatable bonds is 4. The zero-order valence-corrected chi connectivity index (χ0v) is 7.66. The van der Waals surface area contributed by atoms with Gasteiger partial charge in [-0.25, -0.2) is 0 Å². The number of hydrogen-bond donors (Lipinski definition) is 2. The highest BCUT2D eigenvalue weighted by Gasteiger charge is 2.32. The quantitative estimate of drug-likeness (QED) is 0.613. The van der Waals surface area contributed by atoms with E-state index in [0.29, 0.717) is 6.04 Å². The van der Waals surface area contributed by atoms with E-state index in [-0.39, 0.29) is 6.10 Å². The van der Waals surface area contributed by atoms with Crippen molar-refractivity contribution in [1.82, 2.24) is 10.2 Å². The van der Waals surface area contributed by atoms with E-state index in [0.717, 1.165) is 25.7 Å². The summed E-state index contributed by atoms with van der Waals surface area (Å²) in [6, 6.07) is 1.53. The topological polar surface area (TPSA) is 35.5 Å². The van der Waals surface area contributed by atoms with Crippen molar-refractivity contribution in [3.8, 4) is 0 Å². The summed E-state index contributed by atoms with van der Waals surface area (Å²) in [7, 11) is 0. The van der Waals surface area contributed by atoms with Crippen molar-refractivity contribution in [1.29, 1.82) is 0 Å². The molecule has 0 spiro atoms. The van der Waals surface area contributed by atoms with Gasteiger partial charge >= 0.3 is 0 Å². The fourth-order valence-corrected chi connectivity index (χ4v) is 1.78. The summed E-state index contributed by atoms with van der Waals surface area (Å²) >= 11 is 0. The molecule has 2 N–H and O–H groups in total. The van der Waals surface area contributed by atoms with Crippen molar-refractivity contribution in [3.63, 3.8) is 0 Å². The second-order valence-corrected chi connectivity index (χ2v) is 4.21. The molecule has 1 aliphatic carbocycles. The molecule has 12 heavy (non-hydrogen) atoms. The smallest absolute Gasteiger partial charge is 0.0639 e. The number of aliphatic hydroxyl groups is 1. The number of likely N-dealkylation sites (tertiary alicyclic amines) is 1. The lowest BCUT2D eigenvalue weighted by atomic mass is 10.1. The van der Waals surface area contributed by atoms with Crippen LogP contribution in [0, 0.1) is 0 Å². The van der Waals surface area contributed by atoms with Crippen LogP contribution in [0.2, 0.25) is 0 Å². The summed E-state index contributed by atoms with van der Waals surface area (Å²) in [6.45, 7) is 4.94. The molecule has 0 radical (unpaired) electrons. The molecule has 0 bridgehead atoms. The van der Waals surface area contributed by atoms with Crippen molar-refractivity contribution in [2.75, 3.05) is 19.6 Å². The Kier molecular flexibility index (Phi) is 2.35. The van der Waals surface area contributed by atoms with Gasteiger partial charge in [0.25, 0.3) is 0 Å². The number of β-amino-alcohol motifs (C(OH)–C–C–N with tert-alkyl or cyclic N) is 1. The van der Waals surface area contributed by atoms with Gasteiger partial charge in [0.15, 0.2) is 0 Å². The van der Waals surface area contributed by atoms with Crippen LogP contribution in [0.3, 0.4) is 0 Å². The molecule has 0 aromatic heterocycles. The van der Waals surface area contributed by atoms with Crippen molar-refractivity contribution >= 4 is 0 Å². The van der Waals surface area contributed by atoms with E-state index in [1.54, 1.807) is 0 Å². The lowest BCUT2D eigenvalue weighted by Crippen LogP contribution is -2.59. The Labute approximate surface area is 73.8 Å². The van der Waals surface area contributed by atoms with Crippen LogP contribution in [-0.2, 0) is 0 Å². The molecule has 70 valence electrons. The van der Waals surface area contributed by atoms with Crippen molar-refractivity contribution in [2.24, 2.45) is 0 Å². The molecule has 1 atom stereocenters. The average molecular weight is 170 g/mol. The van der Waals surface area contributed by atoms with Crippen LogP contribution in [0.5, 0.6) is 0 Å². The van der Waals surface area contributed by atoms with E-state index in [1.807, 2.05) is 6.92 Å². The highest BCUT2D eigenvalue weighted by Crippen LogP contribution is 2.21. The lowest BCUT2D eigenvalue weighted by Gasteiger charge is -2.40. The van der Waals surface area contributed by atoms with Crippen LogP contribution in [0.1, 0.15) is 19.8 Å². The Morgan fingerprint density at radius 1 is 1.42 bits per heavy atom. The molecule has 0 aromatic carbocycles. The van der Waals surface area contributed by atoms with Gasteiger partial charge in [0.1, 0.15) is 0 Å². The fraction of sp³-hybridized carbons (Fsp3) is 1.00. The zero-order valence-electron chi connectivity index (χ0n) is 7.66. The molecule has 1 aliphatic heterocycles. The molecule has 0 amide bonds. The summed E-state index contributed by atoms with van der Waals surface area (Å²) in [4.78, 5) is 2.30. The van der Waals surface area contributed by atoms with Gasteiger partial charge in [-0.3, -0.25) is 4.90 Å². The van der Waals surface area contributed by atoms with Gasteiger partial charge in [0.05, 0.1) is 6.10 Å². The summed E-state index contributed by atoms with van der Waals surface area (Å²) in [5.41, 5.74) is 0. The predicted molar refractivity (Wildman–Crippen MR) is 48.1 cm³/mol. The molecule has 2 fully saturated rings. The van der Waals surface area contributed by atoms with Crippen LogP contribution in [0.25, 0.3) is 0 Å². The van der Waals surface area contributed by atoms with Crippen molar-refractivity contribution in [3.05, 3.63) is 0 Å². The second-order valence-electron chi connectivity index (χ2n) is 4.21. The third kappa shape index (κ3) is 2.19. The van der Waals surface area contributed by atoms with Gasteiger partial charge in [-0.2, -0.15) is 0 Å². The van der Waals surface area contributed by atoms with Gasteiger partial charge in [0.2, 0.25) is 0 Å². The molecule has 1 saturated heterocycles. The Bertz CT molecular complexity index is 143. The molecule has 1 heterocycles. The molecule has 2 aliphatic rings. The van der Waals surface area contributed by atoms with Crippen LogP contribution in [0.15, 0.2) is 0 Å². The molecule has 1 unspecified atom stereocenters. The van der Waals surface area contributed by atoms with E-state index >= 15 is 0 Å². The fourth-order valence-electron chi connectivity index (χ4n) is 1.78. The molecule has 2 rings (SSSR count). The van der Waals surface area contributed by atoms with E-state index < -0.39 is 0 Å². The molecule has 0 aromatic rings. The lowest BCUT2D eigenvalue weighted by molar-refractivity contribution is 0.0636. The first kappa shape index (κ1) is 8.48. The van der Waals surface area contributed by atoms with E-state index in [2.05, 4.69) is 10.2 Å². The van der Waals surface area contributed by atoms with Gasteiger partial charge < -0.3 is 10.4 Å². The Morgan fingerprint density at radius 2 is 2.08 bits per heavy atom. The van der Waals surface area contributed by atoms with Gasteiger partial charge in [-0.15, -0.1) is 0 Å². The Hall–Kier alpha value is -0.120. The third-order valence-corrected chi connectivity index (χ3v) is 2.53. The first-order valence-corrected chi connectivity index (χ1v) is 4.90.